The summed E-state index contributed by atoms with van der Waals surface area (Å²) < 4.78 is 46.8. The average Bonchev–Trinajstić information content (AvgIpc) is 3.01. The SMILES string of the molecule is Cc1c(Oc2ccc(F)c(C#N)c2)c(F)c(F)c2[nH]ccc12. The minimum absolute atomic E-state index is 0.0502. The summed E-state index contributed by atoms with van der Waals surface area (Å²) in [4.78, 5) is 2.62. The molecule has 0 aliphatic carbocycles. The average molecular weight is 302 g/mol. The highest BCUT2D eigenvalue weighted by molar-refractivity contribution is 5.86. The zero-order valence-corrected chi connectivity index (χ0v) is 11.4. The van der Waals surface area contributed by atoms with Crippen LogP contribution in [0.3, 0.4) is 0 Å². The molecule has 0 saturated carbocycles. The second-order valence-corrected chi connectivity index (χ2v) is 4.70. The highest BCUT2D eigenvalue weighted by Gasteiger charge is 2.20. The second-order valence-electron chi connectivity index (χ2n) is 4.70. The number of aryl methyl sites for hydroxylation is 1. The Balaban J connectivity index is 2.13. The number of hydrogen-bond donors (Lipinski definition) is 1. The smallest absolute Gasteiger partial charge is 0.203 e. The Morgan fingerprint density at radius 3 is 2.64 bits per heavy atom. The van der Waals surface area contributed by atoms with E-state index < -0.39 is 17.5 Å². The van der Waals surface area contributed by atoms with Crippen molar-refractivity contribution < 1.29 is 17.9 Å². The van der Waals surface area contributed by atoms with Crippen molar-refractivity contribution in [3.05, 3.63) is 59.0 Å². The number of rotatable bonds is 2. The van der Waals surface area contributed by atoms with Gasteiger partial charge >= 0.3 is 0 Å². The van der Waals surface area contributed by atoms with Gasteiger partial charge in [-0.2, -0.15) is 9.65 Å². The van der Waals surface area contributed by atoms with E-state index in [9.17, 15) is 13.2 Å². The first-order chi connectivity index (χ1) is 10.5. The molecule has 0 bridgehead atoms. The van der Waals surface area contributed by atoms with Crippen molar-refractivity contribution >= 4 is 10.9 Å². The molecule has 3 rings (SSSR count). The lowest BCUT2D eigenvalue weighted by Gasteiger charge is -2.12. The van der Waals surface area contributed by atoms with Crippen LogP contribution in [0.15, 0.2) is 30.5 Å². The number of H-pyrrole nitrogens is 1. The number of ether oxygens (including phenoxy) is 1. The number of nitrogens with one attached hydrogen (secondary N) is 1. The van der Waals surface area contributed by atoms with Crippen molar-refractivity contribution in [1.29, 1.82) is 5.26 Å². The molecule has 0 atom stereocenters. The lowest BCUT2D eigenvalue weighted by molar-refractivity contribution is 0.415. The first-order valence-corrected chi connectivity index (χ1v) is 6.35. The highest BCUT2D eigenvalue weighted by atomic mass is 19.2. The molecule has 3 aromatic rings. The van der Waals surface area contributed by atoms with Crippen molar-refractivity contribution in [1.82, 2.24) is 4.98 Å². The molecule has 0 radical (unpaired) electrons. The fraction of sp³-hybridized carbons (Fsp3) is 0.0625. The van der Waals surface area contributed by atoms with Crippen molar-refractivity contribution in [3.63, 3.8) is 0 Å². The number of aromatic amines is 1. The van der Waals surface area contributed by atoms with Gasteiger partial charge in [-0.15, -0.1) is 0 Å². The molecule has 2 aromatic carbocycles. The Morgan fingerprint density at radius 1 is 1.14 bits per heavy atom. The van der Waals surface area contributed by atoms with Gasteiger partial charge in [0.2, 0.25) is 5.82 Å². The van der Waals surface area contributed by atoms with E-state index in [-0.39, 0.29) is 22.6 Å². The Kier molecular flexibility index (Phi) is 3.26. The molecule has 0 aliphatic heterocycles. The molecule has 0 amide bonds. The molecule has 3 nitrogen and oxygen atoms in total. The first-order valence-electron chi connectivity index (χ1n) is 6.35. The zero-order valence-electron chi connectivity index (χ0n) is 11.4. The lowest BCUT2D eigenvalue weighted by Crippen LogP contribution is -1.97. The maximum atomic E-state index is 14.2. The maximum absolute atomic E-state index is 14.2. The molecular formula is C16H9F3N2O. The third-order valence-corrected chi connectivity index (χ3v) is 3.38. The van der Waals surface area contributed by atoms with Gasteiger partial charge in [0.25, 0.3) is 0 Å². The van der Waals surface area contributed by atoms with Gasteiger partial charge in [0.05, 0.1) is 11.1 Å². The van der Waals surface area contributed by atoms with Gasteiger partial charge in [-0.1, -0.05) is 0 Å². The number of hydrogen-bond acceptors (Lipinski definition) is 2. The minimum Gasteiger partial charge on any atom is -0.454 e. The standard InChI is InChI=1S/C16H9F3N2O/c1-8-11-4-5-21-15(11)13(18)14(19)16(8)22-10-2-3-12(17)9(6-10)7-20/h2-6,21H,1H3. The minimum atomic E-state index is -1.14. The summed E-state index contributed by atoms with van der Waals surface area (Å²) >= 11 is 0. The zero-order chi connectivity index (χ0) is 15.9. The third-order valence-electron chi connectivity index (χ3n) is 3.38. The predicted molar refractivity (Wildman–Crippen MR) is 74.1 cm³/mol. The summed E-state index contributed by atoms with van der Waals surface area (Å²) in [5.41, 5.74) is 0.218. The van der Waals surface area contributed by atoms with E-state index in [2.05, 4.69) is 4.98 Å². The normalized spacial score (nSPS) is 10.7. The number of fused-ring (bicyclic) bond motifs is 1. The van der Waals surface area contributed by atoms with Gasteiger partial charge < -0.3 is 9.72 Å². The molecule has 0 spiro atoms. The van der Waals surface area contributed by atoms with Gasteiger partial charge in [0, 0.05) is 23.2 Å². The summed E-state index contributed by atoms with van der Waals surface area (Å²) in [5, 5.41) is 9.27. The van der Waals surface area contributed by atoms with Crippen LogP contribution in [-0.2, 0) is 0 Å². The Hall–Kier alpha value is -2.94. The summed E-state index contributed by atoms with van der Waals surface area (Å²) in [6.07, 6.45) is 1.50. The molecule has 0 unspecified atom stereocenters. The lowest BCUT2D eigenvalue weighted by atomic mass is 10.1. The fourth-order valence-electron chi connectivity index (χ4n) is 2.25. The quantitative estimate of drug-likeness (QED) is 0.754. The predicted octanol–water partition coefficient (Wildman–Crippen LogP) is 4.56. The number of aromatic nitrogens is 1. The molecule has 0 fully saturated rings. The molecular weight excluding hydrogens is 293 g/mol. The van der Waals surface area contributed by atoms with E-state index in [0.29, 0.717) is 10.9 Å². The molecule has 0 aliphatic rings. The summed E-state index contributed by atoms with van der Waals surface area (Å²) in [6, 6.07) is 6.67. The van der Waals surface area contributed by atoms with Gasteiger partial charge in [-0.3, -0.25) is 0 Å². The van der Waals surface area contributed by atoms with Crippen LogP contribution in [0.1, 0.15) is 11.1 Å². The van der Waals surface area contributed by atoms with E-state index in [1.165, 1.54) is 12.3 Å². The number of nitriles is 1. The van der Waals surface area contributed by atoms with Crippen LogP contribution in [-0.4, -0.2) is 4.98 Å². The molecule has 1 aromatic heterocycles. The van der Waals surface area contributed by atoms with Crippen LogP contribution in [0.25, 0.3) is 10.9 Å². The van der Waals surface area contributed by atoms with Crippen LogP contribution in [0.5, 0.6) is 11.5 Å². The van der Waals surface area contributed by atoms with E-state index in [1.54, 1.807) is 19.1 Å². The monoisotopic (exact) mass is 302 g/mol. The largest absolute Gasteiger partial charge is 0.454 e. The molecule has 0 saturated heterocycles. The van der Waals surface area contributed by atoms with E-state index in [0.717, 1.165) is 12.1 Å². The second kappa shape index (κ2) is 5.11. The molecule has 6 heteroatoms. The van der Waals surface area contributed by atoms with Gasteiger partial charge in [-0.05, 0) is 25.1 Å². The Morgan fingerprint density at radius 2 is 1.91 bits per heavy atom. The van der Waals surface area contributed by atoms with E-state index in [4.69, 9.17) is 10.00 Å². The van der Waals surface area contributed by atoms with E-state index in [1.807, 2.05) is 0 Å². The Labute approximate surface area is 123 Å². The fourth-order valence-corrected chi connectivity index (χ4v) is 2.25. The van der Waals surface area contributed by atoms with E-state index >= 15 is 0 Å². The van der Waals surface area contributed by atoms with Gasteiger partial charge in [-0.25, -0.2) is 8.78 Å². The topological polar surface area (TPSA) is 48.8 Å². The van der Waals surface area contributed by atoms with Gasteiger partial charge in [0.1, 0.15) is 17.6 Å². The molecule has 1 heterocycles. The van der Waals surface area contributed by atoms with Crippen molar-refractivity contribution in [2.24, 2.45) is 0 Å². The summed E-state index contributed by atoms with van der Waals surface area (Å²) in [7, 11) is 0. The van der Waals surface area contributed by atoms with Crippen LogP contribution in [0, 0.1) is 35.7 Å². The molecule has 110 valence electrons. The number of nitrogens with zero attached hydrogens (tertiary/aromatic N) is 1. The molecule has 1 N–H and O–H groups in total. The number of halogens is 3. The first kappa shape index (κ1) is 14.0. The number of benzene rings is 2. The van der Waals surface area contributed by atoms with Crippen LogP contribution >= 0.6 is 0 Å². The highest BCUT2D eigenvalue weighted by Crippen LogP contribution is 2.36. The van der Waals surface area contributed by atoms with Crippen LogP contribution in [0.2, 0.25) is 0 Å². The van der Waals surface area contributed by atoms with Gasteiger partial charge in [0.15, 0.2) is 11.6 Å². The van der Waals surface area contributed by atoms with Crippen LogP contribution < -0.4 is 4.74 Å². The van der Waals surface area contributed by atoms with Crippen molar-refractivity contribution in [2.45, 2.75) is 6.92 Å². The van der Waals surface area contributed by atoms with Crippen LogP contribution in [0.4, 0.5) is 13.2 Å². The van der Waals surface area contributed by atoms with Crippen molar-refractivity contribution in [2.75, 3.05) is 0 Å². The maximum Gasteiger partial charge on any atom is 0.203 e. The third kappa shape index (κ3) is 2.07. The van der Waals surface area contributed by atoms with Crippen molar-refractivity contribution in [3.8, 4) is 17.6 Å². The Bertz CT molecular complexity index is 925. The molecule has 22 heavy (non-hydrogen) atoms. The summed E-state index contributed by atoms with van der Waals surface area (Å²) in [5.74, 6) is -3.15. The summed E-state index contributed by atoms with van der Waals surface area (Å²) in [6.45, 7) is 1.59.